The normalized spacial score (nSPS) is 18.3. The van der Waals surface area contributed by atoms with Crippen molar-refractivity contribution in [3.05, 3.63) is 29.8 Å². The molecule has 0 radical (unpaired) electrons. The Balaban J connectivity index is 1.89. The van der Waals surface area contributed by atoms with Gasteiger partial charge >= 0.3 is 0 Å². The van der Waals surface area contributed by atoms with Crippen molar-refractivity contribution in [1.82, 2.24) is 4.90 Å². The summed E-state index contributed by atoms with van der Waals surface area (Å²) in [5.74, 6) is -0.148. The molecule has 1 aliphatic heterocycles. The highest BCUT2D eigenvalue weighted by atomic mass is 16.2. The summed E-state index contributed by atoms with van der Waals surface area (Å²) in [6, 6.07) is 7.59. The maximum Gasteiger partial charge on any atom is 0.240 e. The van der Waals surface area contributed by atoms with Crippen LogP contribution in [0.1, 0.15) is 38.2 Å². The third-order valence-electron chi connectivity index (χ3n) is 3.74. The van der Waals surface area contributed by atoms with Crippen LogP contribution in [0.15, 0.2) is 24.3 Å². The number of hydrogen-bond donors (Lipinski definition) is 2. The van der Waals surface area contributed by atoms with Crippen molar-refractivity contribution >= 4 is 11.6 Å². The van der Waals surface area contributed by atoms with Gasteiger partial charge in [0.25, 0.3) is 0 Å². The van der Waals surface area contributed by atoms with Crippen LogP contribution in [0.25, 0.3) is 0 Å². The summed E-state index contributed by atoms with van der Waals surface area (Å²) in [7, 11) is 0. The van der Waals surface area contributed by atoms with E-state index in [9.17, 15) is 4.79 Å². The van der Waals surface area contributed by atoms with Gasteiger partial charge in [-0.3, -0.25) is 9.69 Å². The van der Waals surface area contributed by atoms with Crippen LogP contribution in [0.2, 0.25) is 0 Å². The summed E-state index contributed by atoms with van der Waals surface area (Å²) in [6.07, 6.45) is 5.34. The van der Waals surface area contributed by atoms with Crippen molar-refractivity contribution in [2.24, 2.45) is 5.73 Å². The van der Waals surface area contributed by atoms with Crippen molar-refractivity contribution in [2.45, 2.75) is 45.2 Å². The SMILES string of the molecule is CC(N)C(=O)Nc1ccc(CN2CCCCCC2)cc1. The molecule has 0 aliphatic carbocycles. The smallest absolute Gasteiger partial charge is 0.240 e. The van der Waals surface area contributed by atoms with Crippen LogP contribution in [0.3, 0.4) is 0 Å². The zero-order valence-electron chi connectivity index (χ0n) is 12.3. The minimum atomic E-state index is -0.480. The molecule has 1 aliphatic rings. The second-order valence-corrected chi connectivity index (χ2v) is 5.67. The van der Waals surface area contributed by atoms with Gasteiger partial charge in [0.2, 0.25) is 5.91 Å². The van der Waals surface area contributed by atoms with Crippen molar-refractivity contribution in [3.8, 4) is 0 Å². The third kappa shape index (κ3) is 4.62. The van der Waals surface area contributed by atoms with Gasteiger partial charge in [0, 0.05) is 12.2 Å². The highest BCUT2D eigenvalue weighted by Crippen LogP contribution is 2.15. The molecule has 1 atom stereocenters. The minimum Gasteiger partial charge on any atom is -0.325 e. The molecule has 1 saturated heterocycles. The molecule has 1 aromatic rings. The van der Waals surface area contributed by atoms with Crippen LogP contribution in [-0.2, 0) is 11.3 Å². The van der Waals surface area contributed by atoms with Crippen molar-refractivity contribution < 1.29 is 4.79 Å². The number of nitrogens with two attached hydrogens (primary N) is 1. The fourth-order valence-electron chi connectivity index (χ4n) is 2.50. The number of benzene rings is 1. The molecular weight excluding hydrogens is 250 g/mol. The molecule has 1 heterocycles. The summed E-state index contributed by atoms with van der Waals surface area (Å²) in [6.45, 7) is 5.08. The predicted octanol–water partition coefficient (Wildman–Crippen LogP) is 2.35. The summed E-state index contributed by atoms with van der Waals surface area (Å²) in [5.41, 5.74) is 7.64. The van der Waals surface area contributed by atoms with Gasteiger partial charge in [-0.1, -0.05) is 25.0 Å². The molecule has 1 fully saturated rings. The fraction of sp³-hybridized carbons (Fsp3) is 0.562. The summed E-state index contributed by atoms with van der Waals surface area (Å²) >= 11 is 0. The maximum absolute atomic E-state index is 11.5. The Kier molecular flexibility index (Phi) is 5.56. The first-order valence-electron chi connectivity index (χ1n) is 7.53. The van der Waals surface area contributed by atoms with Gasteiger partial charge in [0.05, 0.1) is 6.04 Å². The van der Waals surface area contributed by atoms with Crippen molar-refractivity contribution in [3.63, 3.8) is 0 Å². The van der Waals surface area contributed by atoms with Crippen LogP contribution in [0.4, 0.5) is 5.69 Å². The molecule has 3 N–H and O–H groups in total. The predicted molar refractivity (Wildman–Crippen MR) is 82.5 cm³/mol. The van der Waals surface area contributed by atoms with Gasteiger partial charge in [-0.2, -0.15) is 0 Å². The molecule has 0 aromatic heterocycles. The number of likely N-dealkylation sites (tertiary alicyclic amines) is 1. The monoisotopic (exact) mass is 275 g/mol. The highest BCUT2D eigenvalue weighted by molar-refractivity contribution is 5.94. The number of nitrogens with one attached hydrogen (secondary N) is 1. The molecule has 110 valence electrons. The van der Waals surface area contributed by atoms with Crippen molar-refractivity contribution in [2.75, 3.05) is 18.4 Å². The first-order chi connectivity index (χ1) is 9.65. The van der Waals surface area contributed by atoms with E-state index < -0.39 is 6.04 Å². The molecule has 0 spiro atoms. The van der Waals surface area contributed by atoms with Crippen LogP contribution >= 0.6 is 0 Å². The lowest BCUT2D eigenvalue weighted by Crippen LogP contribution is -2.32. The largest absolute Gasteiger partial charge is 0.325 e. The van der Waals surface area contributed by atoms with E-state index in [2.05, 4.69) is 22.3 Å². The van der Waals surface area contributed by atoms with E-state index in [0.717, 1.165) is 12.2 Å². The number of rotatable bonds is 4. The molecule has 1 amide bonds. The first kappa shape index (κ1) is 15.0. The maximum atomic E-state index is 11.5. The summed E-state index contributed by atoms with van der Waals surface area (Å²) in [5, 5.41) is 2.80. The average molecular weight is 275 g/mol. The lowest BCUT2D eigenvalue weighted by atomic mass is 10.2. The molecule has 4 heteroatoms. The van der Waals surface area contributed by atoms with Gasteiger partial charge in [0.1, 0.15) is 0 Å². The fourth-order valence-corrected chi connectivity index (χ4v) is 2.50. The van der Waals surface area contributed by atoms with E-state index in [4.69, 9.17) is 5.73 Å². The summed E-state index contributed by atoms with van der Waals surface area (Å²) in [4.78, 5) is 14.0. The Hall–Kier alpha value is -1.39. The van der Waals surface area contributed by atoms with Gasteiger partial charge in [-0.05, 0) is 50.6 Å². The second-order valence-electron chi connectivity index (χ2n) is 5.67. The molecule has 1 aromatic carbocycles. The molecule has 0 bridgehead atoms. The Bertz CT molecular complexity index is 420. The van der Waals surface area contributed by atoms with E-state index in [1.807, 2.05) is 12.1 Å². The van der Waals surface area contributed by atoms with Gasteiger partial charge < -0.3 is 11.1 Å². The number of carbonyl (C=O) groups excluding carboxylic acids is 1. The van der Waals surface area contributed by atoms with E-state index in [-0.39, 0.29) is 5.91 Å². The van der Waals surface area contributed by atoms with Crippen LogP contribution in [-0.4, -0.2) is 29.9 Å². The standard InChI is InChI=1S/C16H25N3O/c1-13(17)16(20)18-15-8-6-14(7-9-15)12-19-10-4-2-3-5-11-19/h6-9,13H,2-5,10-12,17H2,1H3,(H,18,20). The Labute approximate surface area is 121 Å². The topological polar surface area (TPSA) is 58.4 Å². The van der Waals surface area contributed by atoms with E-state index in [1.165, 1.54) is 44.3 Å². The van der Waals surface area contributed by atoms with E-state index in [1.54, 1.807) is 6.92 Å². The molecule has 2 rings (SSSR count). The van der Waals surface area contributed by atoms with Gasteiger partial charge in [-0.15, -0.1) is 0 Å². The average Bonchev–Trinajstić information content (AvgIpc) is 2.69. The first-order valence-corrected chi connectivity index (χ1v) is 7.53. The van der Waals surface area contributed by atoms with Gasteiger partial charge in [0.15, 0.2) is 0 Å². The minimum absolute atomic E-state index is 0.148. The Morgan fingerprint density at radius 3 is 2.35 bits per heavy atom. The molecule has 4 nitrogen and oxygen atoms in total. The number of nitrogens with zero attached hydrogens (tertiary/aromatic N) is 1. The third-order valence-corrected chi connectivity index (χ3v) is 3.74. The summed E-state index contributed by atoms with van der Waals surface area (Å²) < 4.78 is 0. The molecule has 0 saturated carbocycles. The zero-order chi connectivity index (χ0) is 14.4. The van der Waals surface area contributed by atoms with E-state index in [0.29, 0.717) is 0 Å². The quantitative estimate of drug-likeness (QED) is 0.887. The number of hydrogen-bond acceptors (Lipinski definition) is 3. The highest BCUT2D eigenvalue weighted by Gasteiger charge is 2.10. The van der Waals surface area contributed by atoms with Crippen LogP contribution < -0.4 is 11.1 Å². The lowest BCUT2D eigenvalue weighted by molar-refractivity contribution is -0.117. The van der Waals surface area contributed by atoms with Gasteiger partial charge in [-0.25, -0.2) is 0 Å². The Morgan fingerprint density at radius 1 is 1.20 bits per heavy atom. The number of carbonyl (C=O) groups is 1. The second kappa shape index (κ2) is 7.41. The molecule has 20 heavy (non-hydrogen) atoms. The van der Waals surface area contributed by atoms with Crippen LogP contribution in [0, 0.1) is 0 Å². The number of amides is 1. The van der Waals surface area contributed by atoms with Crippen molar-refractivity contribution in [1.29, 1.82) is 0 Å². The number of anilines is 1. The molecular formula is C16H25N3O. The Morgan fingerprint density at radius 2 is 1.80 bits per heavy atom. The van der Waals surface area contributed by atoms with E-state index >= 15 is 0 Å². The zero-order valence-corrected chi connectivity index (χ0v) is 12.3. The lowest BCUT2D eigenvalue weighted by Gasteiger charge is -2.19. The van der Waals surface area contributed by atoms with Crippen LogP contribution in [0.5, 0.6) is 0 Å². The molecule has 1 unspecified atom stereocenters.